The van der Waals surface area contributed by atoms with E-state index in [0.717, 1.165) is 32.4 Å². The van der Waals surface area contributed by atoms with E-state index in [1.54, 1.807) is 0 Å². The van der Waals surface area contributed by atoms with Gasteiger partial charge in [0, 0.05) is 30.1 Å². The predicted molar refractivity (Wildman–Crippen MR) is 107 cm³/mol. The van der Waals surface area contributed by atoms with Gasteiger partial charge in [0.25, 0.3) is 0 Å². The number of hydrogen-bond acceptors (Lipinski definition) is 3. The molecule has 2 atom stereocenters. The molecule has 2 heterocycles. The summed E-state index contributed by atoms with van der Waals surface area (Å²) in [5.41, 5.74) is 1.28. The van der Waals surface area contributed by atoms with Crippen molar-refractivity contribution in [3.8, 4) is 0 Å². The molecule has 138 valence electrons. The van der Waals surface area contributed by atoms with E-state index in [1.807, 2.05) is 11.8 Å². The highest BCUT2D eigenvalue weighted by Gasteiger charge is 2.45. The van der Waals surface area contributed by atoms with Crippen molar-refractivity contribution in [1.82, 2.24) is 10.2 Å². The van der Waals surface area contributed by atoms with Crippen molar-refractivity contribution in [3.05, 3.63) is 29.8 Å². The number of aryl methyl sites for hydroxylation is 1. The van der Waals surface area contributed by atoms with E-state index in [0.29, 0.717) is 18.0 Å². The van der Waals surface area contributed by atoms with Gasteiger partial charge in [0.1, 0.15) is 0 Å². The molecule has 2 unspecified atom stereocenters. The monoisotopic (exact) mass is 380 g/mol. The highest BCUT2D eigenvalue weighted by atomic mass is 35.5. The second kappa shape index (κ2) is 7.89. The topological polar surface area (TPSA) is 32.3 Å². The lowest BCUT2D eigenvalue weighted by Crippen LogP contribution is -2.48. The van der Waals surface area contributed by atoms with Gasteiger partial charge in [-0.3, -0.25) is 4.79 Å². The summed E-state index contributed by atoms with van der Waals surface area (Å²) in [5, 5.41) is 3.70. The SMILES string of the molecule is Cc1ccc(SC2(C(=O)N3CCC4CCC(C3)N4)CCCC2)cc1.Cl. The first-order chi connectivity index (χ1) is 11.6. The Morgan fingerprint density at radius 2 is 1.80 bits per heavy atom. The van der Waals surface area contributed by atoms with E-state index < -0.39 is 0 Å². The minimum absolute atomic E-state index is 0. The highest BCUT2D eigenvalue weighted by molar-refractivity contribution is 8.01. The molecule has 4 rings (SSSR count). The second-order valence-electron chi connectivity index (χ2n) is 7.79. The number of nitrogens with zero attached hydrogens (tertiary/aromatic N) is 1. The molecule has 1 aliphatic carbocycles. The number of amides is 1. The Balaban J connectivity index is 0.00000182. The first-order valence-corrected chi connectivity index (χ1v) is 10.3. The number of hydrogen-bond donors (Lipinski definition) is 1. The van der Waals surface area contributed by atoms with Crippen LogP contribution in [-0.2, 0) is 4.79 Å². The molecule has 1 saturated carbocycles. The maximum absolute atomic E-state index is 13.5. The number of nitrogens with one attached hydrogen (secondary N) is 1. The van der Waals surface area contributed by atoms with E-state index in [4.69, 9.17) is 0 Å². The van der Waals surface area contributed by atoms with Crippen LogP contribution in [0, 0.1) is 6.92 Å². The van der Waals surface area contributed by atoms with Gasteiger partial charge in [-0.05, 0) is 51.2 Å². The molecule has 25 heavy (non-hydrogen) atoms. The quantitative estimate of drug-likeness (QED) is 0.853. The maximum atomic E-state index is 13.5. The minimum Gasteiger partial charge on any atom is -0.340 e. The molecule has 0 radical (unpaired) electrons. The number of carbonyl (C=O) groups is 1. The van der Waals surface area contributed by atoms with Crippen molar-refractivity contribution >= 4 is 30.1 Å². The third kappa shape index (κ3) is 4.01. The van der Waals surface area contributed by atoms with Gasteiger partial charge in [-0.2, -0.15) is 0 Å². The summed E-state index contributed by atoms with van der Waals surface area (Å²) in [5.74, 6) is 0.403. The summed E-state index contributed by atoms with van der Waals surface area (Å²) >= 11 is 1.82. The maximum Gasteiger partial charge on any atom is 0.239 e. The van der Waals surface area contributed by atoms with Crippen LogP contribution >= 0.6 is 24.2 Å². The molecule has 0 spiro atoms. The average Bonchev–Trinajstić information content (AvgIpc) is 3.16. The molecular formula is C20H29ClN2OS. The minimum atomic E-state index is -0.223. The van der Waals surface area contributed by atoms with Crippen molar-refractivity contribution in [2.45, 2.75) is 73.6 Å². The average molecular weight is 381 g/mol. The van der Waals surface area contributed by atoms with Crippen LogP contribution in [0.15, 0.2) is 29.2 Å². The molecular weight excluding hydrogens is 352 g/mol. The zero-order valence-electron chi connectivity index (χ0n) is 15.0. The number of carbonyl (C=O) groups excluding carboxylic acids is 1. The number of fused-ring (bicyclic) bond motifs is 2. The van der Waals surface area contributed by atoms with E-state index in [-0.39, 0.29) is 17.2 Å². The Morgan fingerprint density at radius 3 is 2.52 bits per heavy atom. The van der Waals surface area contributed by atoms with Crippen LogP contribution in [0.4, 0.5) is 0 Å². The molecule has 3 aliphatic rings. The van der Waals surface area contributed by atoms with Gasteiger partial charge in [0.2, 0.25) is 5.91 Å². The largest absolute Gasteiger partial charge is 0.340 e. The van der Waals surface area contributed by atoms with E-state index in [2.05, 4.69) is 41.4 Å². The van der Waals surface area contributed by atoms with Crippen LogP contribution in [0.5, 0.6) is 0 Å². The summed E-state index contributed by atoms with van der Waals surface area (Å²) in [6, 6.07) is 9.83. The molecule has 1 N–H and O–H groups in total. The number of halogens is 1. The van der Waals surface area contributed by atoms with E-state index in [9.17, 15) is 4.79 Å². The van der Waals surface area contributed by atoms with Gasteiger partial charge in [0.15, 0.2) is 0 Å². The molecule has 1 aromatic rings. The highest BCUT2D eigenvalue weighted by Crippen LogP contribution is 2.47. The lowest BCUT2D eigenvalue weighted by molar-refractivity contribution is -0.133. The predicted octanol–water partition coefficient (Wildman–Crippen LogP) is 4.17. The summed E-state index contributed by atoms with van der Waals surface area (Å²) in [6.07, 6.45) is 8.06. The van der Waals surface area contributed by atoms with Crippen LogP contribution in [0.25, 0.3) is 0 Å². The zero-order chi connectivity index (χ0) is 16.6. The number of thioether (sulfide) groups is 1. The van der Waals surface area contributed by atoms with Crippen LogP contribution in [0.1, 0.15) is 50.5 Å². The van der Waals surface area contributed by atoms with Crippen molar-refractivity contribution in [2.24, 2.45) is 0 Å². The Morgan fingerprint density at radius 1 is 1.12 bits per heavy atom. The van der Waals surface area contributed by atoms with Crippen molar-refractivity contribution in [3.63, 3.8) is 0 Å². The lowest BCUT2D eigenvalue weighted by Gasteiger charge is -2.35. The molecule has 0 aromatic heterocycles. The fourth-order valence-corrected chi connectivity index (χ4v) is 5.99. The second-order valence-corrected chi connectivity index (χ2v) is 9.25. The smallest absolute Gasteiger partial charge is 0.239 e. The first kappa shape index (κ1) is 19.1. The molecule has 5 heteroatoms. The van der Waals surface area contributed by atoms with Gasteiger partial charge < -0.3 is 10.2 Å². The Labute approximate surface area is 161 Å². The third-order valence-corrected chi connectivity index (χ3v) is 7.43. The van der Waals surface area contributed by atoms with E-state index in [1.165, 1.54) is 36.1 Å². The van der Waals surface area contributed by atoms with E-state index >= 15 is 0 Å². The van der Waals surface area contributed by atoms with Crippen LogP contribution in [0.2, 0.25) is 0 Å². The molecule has 2 saturated heterocycles. The molecule has 3 nitrogen and oxygen atoms in total. The Bertz CT molecular complexity index is 600. The molecule has 1 aromatic carbocycles. The van der Waals surface area contributed by atoms with Crippen molar-refractivity contribution < 1.29 is 4.79 Å². The Hall–Kier alpha value is -0.710. The lowest BCUT2D eigenvalue weighted by atomic mass is 10.0. The van der Waals surface area contributed by atoms with Gasteiger partial charge in [-0.15, -0.1) is 24.2 Å². The van der Waals surface area contributed by atoms with Gasteiger partial charge >= 0.3 is 0 Å². The fraction of sp³-hybridized carbons (Fsp3) is 0.650. The Kier molecular flexibility index (Phi) is 6.02. The fourth-order valence-electron chi connectivity index (χ4n) is 4.55. The molecule has 2 bridgehead atoms. The number of likely N-dealkylation sites (tertiary alicyclic amines) is 1. The van der Waals surface area contributed by atoms with Crippen LogP contribution in [-0.4, -0.2) is 40.7 Å². The standard InChI is InChI=1S/C20H28N2OS.ClH/c1-15-4-8-18(9-5-15)24-20(11-2-3-12-20)19(23)22-13-10-16-6-7-17(14-22)21-16;/h4-5,8-9,16-17,21H,2-3,6-7,10-14H2,1H3;1H. The normalized spacial score (nSPS) is 27.6. The summed E-state index contributed by atoms with van der Waals surface area (Å²) in [4.78, 5) is 16.9. The van der Waals surface area contributed by atoms with Crippen LogP contribution < -0.4 is 5.32 Å². The summed E-state index contributed by atoms with van der Waals surface area (Å²) in [6.45, 7) is 3.96. The molecule has 1 amide bonds. The summed E-state index contributed by atoms with van der Waals surface area (Å²) < 4.78 is -0.223. The van der Waals surface area contributed by atoms with Gasteiger partial charge in [-0.1, -0.05) is 30.5 Å². The van der Waals surface area contributed by atoms with Gasteiger partial charge in [-0.25, -0.2) is 0 Å². The van der Waals surface area contributed by atoms with Crippen molar-refractivity contribution in [1.29, 1.82) is 0 Å². The zero-order valence-corrected chi connectivity index (χ0v) is 16.6. The summed E-state index contributed by atoms with van der Waals surface area (Å²) in [7, 11) is 0. The first-order valence-electron chi connectivity index (χ1n) is 9.46. The molecule has 3 fully saturated rings. The van der Waals surface area contributed by atoms with Gasteiger partial charge in [0.05, 0.1) is 4.75 Å². The third-order valence-electron chi connectivity index (χ3n) is 5.95. The van der Waals surface area contributed by atoms with Crippen molar-refractivity contribution in [2.75, 3.05) is 13.1 Å². The molecule has 2 aliphatic heterocycles. The number of benzene rings is 1. The number of rotatable bonds is 3. The van der Waals surface area contributed by atoms with Crippen LogP contribution in [0.3, 0.4) is 0 Å².